The quantitative estimate of drug-likeness (QED) is 0.208. The number of carbonyl (C=O) groups is 3. The van der Waals surface area contributed by atoms with Crippen LogP contribution in [0, 0.1) is 0 Å². The number of nitrogens with zero attached hydrogens (tertiary/aromatic N) is 1. The molecule has 0 bridgehead atoms. The molecule has 0 spiro atoms. The van der Waals surface area contributed by atoms with Gasteiger partial charge < -0.3 is 20.4 Å². The molecular formula is C29H25N5O4. The Kier molecular flexibility index (Phi) is 8.44. The van der Waals surface area contributed by atoms with E-state index in [2.05, 4.69) is 30.7 Å². The molecule has 0 radical (unpaired) electrons. The number of hydrogen-bond donors (Lipinski definition) is 4. The third kappa shape index (κ3) is 7.05. The van der Waals surface area contributed by atoms with Crippen LogP contribution in [-0.4, -0.2) is 35.0 Å². The molecule has 0 saturated heterocycles. The average Bonchev–Trinajstić information content (AvgIpc) is 3.36. The molecule has 4 N–H and O–H groups in total. The number of ether oxygens (including phenoxy) is 1. The summed E-state index contributed by atoms with van der Waals surface area (Å²) in [4.78, 5) is 42.3. The number of para-hydroxylation sites is 2. The lowest BCUT2D eigenvalue weighted by Gasteiger charge is -2.06. The lowest BCUT2D eigenvalue weighted by Crippen LogP contribution is -2.19. The Balaban J connectivity index is 0.000000186. The van der Waals surface area contributed by atoms with E-state index in [9.17, 15) is 14.4 Å². The highest BCUT2D eigenvalue weighted by Crippen LogP contribution is 2.18. The molecule has 3 amide bonds. The Labute approximate surface area is 218 Å². The van der Waals surface area contributed by atoms with Crippen LogP contribution in [0.1, 0.15) is 15.9 Å². The van der Waals surface area contributed by atoms with Gasteiger partial charge in [0, 0.05) is 22.5 Å². The van der Waals surface area contributed by atoms with Crippen molar-refractivity contribution < 1.29 is 19.1 Å². The normalized spacial score (nSPS) is 10.0. The summed E-state index contributed by atoms with van der Waals surface area (Å²) >= 11 is 0. The topological polar surface area (TPSA) is 125 Å². The van der Waals surface area contributed by atoms with Gasteiger partial charge in [-0.15, -0.1) is 0 Å². The molecule has 1 aromatic heterocycles. The summed E-state index contributed by atoms with van der Waals surface area (Å²) < 4.78 is 4.51. The van der Waals surface area contributed by atoms with Crippen LogP contribution in [0.2, 0.25) is 0 Å². The van der Waals surface area contributed by atoms with Crippen LogP contribution < -0.4 is 16.0 Å². The standard InChI is InChI=1S/C16H13N3O3.C13H12N2O/c1-22-16(21)19-15-17-12-8-7-11(9-13(12)18-15)14(20)10-5-3-2-4-6-10;16-13(14-11-7-3-1-4-8-11)15-12-9-5-2-6-10-12/h2-9H,1H3,(H2,17,18,19,21);1-10H,(H2,14,15,16). The number of hydrogen-bond acceptors (Lipinski definition) is 5. The predicted octanol–water partition coefficient (Wildman–Crippen LogP) is 6.30. The second-order valence-electron chi connectivity index (χ2n) is 7.94. The SMILES string of the molecule is COC(=O)Nc1nc2ccc(C(=O)c3ccccc3)cc2[nH]1.O=C(Nc1ccccc1)Nc1ccccc1. The van der Waals surface area contributed by atoms with Crippen LogP contribution in [0.4, 0.5) is 26.9 Å². The zero-order chi connectivity index (χ0) is 26.7. The zero-order valence-corrected chi connectivity index (χ0v) is 20.5. The van der Waals surface area contributed by atoms with Gasteiger partial charge >= 0.3 is 12.1 Å². The first kappa shape index (κ1) is 25.6. The maximum Gasteiger partial charge on any atom is 0.413 e. The van der Waals surface area contributed by atoms with E-state index in [0.717, 1.165) is 11.4 Å². The number of rotatable bonds is 5. The maximum absolute atomic E-state index is 12.4. The molecule has 9 heteroatoms. The molecule has 0 aliphatic rings. The number of urea groups is 1. The molecule has 4 aromatic carbocycles. The highest BCUT2D eigenvalue weighted by Gasteiger charge is 2.12. The molecule has 190 valence electrons. The predicted molar refractivity (Wildman–Crippen MR) is 148 cm³/mol. The number of imidazole rings is 1. The van der Waals surface area contributed by atoms with E-state index in [1.165, 1.54) is 7.11 Å². The first-order valence-corrected chi connectivity index (χ1v) is 11.6. The largest absolute Gasteiger partial charge is 0.453 e. The van der Waals surface area contributed by atoms with Gasteiger partial charge in [0.2, 0.25) is 5.95 Å². The molecule has 1 heterocycles. The molecule has 5 aromatic rings. The molecule has 38 heavy (non-hydrogen) atoms. The summed E-state index contributed by atoms with van der Waals surface area (Å²) in [6, 6.07) is 32.6. The van der Waals surface area contributed by atoms with Gasteiger partial charge in [-0.1, -0.05) is 66.7 Å². The average molecular weight is 508 g/mol. The third-order valence-electron chi connectivity index (χ3n) is 5.25. The van der Waals surface area contributed by atoms with Gasteiger partial charge in [-0.2, -0.15) is 0 Å². The zero-order valence-electron chi connectivity index (χ0n) is 20.5. The highest BCUT2D eigenvalue weighted by atomic mass is 16.5. The molecule has 9 nitrogen and oxygen atoms in total. The van der Waals surface area contributed by atoms with Gasteiger partial charge in [-0.3, -0.25) is 10.1 Å². The van der Waals surface area contributed by atoms with Crippen LogP contribution in [-0.2, 0) is 4.74 Å². The Bertz CT molecular complexity index is 1480. The summed E-state index contributed by atoms with van der Waals surface area (Å²) in [6.07, 6.45) is -0.611. The van der Waals surface area contributed by atoms with E-state index >= 15 is 0 Å². The summed E-state index contributed by atoms with van der Waals surface area (Å²) in [5.74, 6) is 0.200. The van der Waals surface area contributed by atoms with E-state index in [-0.39, 0.29) is 17.8 Å². The molecule has 0 atom stereocenters. The summed E-state index contributed by atoms with van der Waals surface area (Å²) in [7, 11) is 1.27. The van der Waals surface area contributed by atoms with Crippen molar-refractivity contribution in [1.82, 2.24) is 9.97 Å². The van der Waals surface area contributed by atoms with Gasteiger partial charge in [0.05, 0.1) is 18.1 Å². The van der Waals surface area contributed by atoms with Crippen molar-refractivity contribution in [2.45, 2.75) is 0 Å². The minimum atomic E-state index is -0.611. The fraction of sp³-hybridized carbons (Fsp3) is 0.0345. The van der Waals surface area contributed by atoms with Crippen LogP contribution in [0.15, 0.2) is 109 Å². The van der Waals surface area contributed by atoms with E-state index in [0.29, 0.717) is 22.2 Å². The van der Waals surface area contributed by atoms with Crippen LogP contribution in [0.3, 0.4) is 0 Å². The van der Waals surface area contributed by atoms with Crippen molar-refractivity contribution in [3.8, 4) is 0 Å². The van der Waals surface area contributed by atoms with Crippen molar-refractivity contribution in [2.24, 2.45) is 0 Å². The molecule has 0 aliphatic carbocycles. The van der Waals surface area contributed by atoms with Gasteiger partial charge in [-0.05, 0) is 42.5 Å². The molecule has 0 aliphatic heterocycles. The summed E-state index contributed by atoms with van der Waals surface area (Å²) in [6.45, 7) is 0. The van der Waals surface area contributed by atoms with Crippen molar-refractivity contribution >= 4 is 46.3 Å². The number of methoxy groups -OCH3 is 1. The Hall–Kier alpha value is -5.44. The Morgan fingerprint density at radius 1 is 0.684 bits per heavy atom. The van der Waals surface area contributed by atoms with Crippen molar-refractivity contribution in [2.75, 3.05) is 23.1 Å². The fourth-order valence-corrected chi connectivity index (χ4v) is 3.45. The minimum Gasteiger partial charge on any atom is -0.453 e. The lowest BCUT2D eigenvalue weighted by molar-refractivity contribution is 0.103. The molecule has 0 saturated carbocycles. The lowest BCUT2D eigenvalue weighted by atomic mass is 10.0. The van der Waals surface area contributed by atoms with E-state index in [4.69, 9.17) is 0 Å². The van der Waals surface area contributed by atoms with Crippen LogP contribution in [0.5, 0.6) is 0 Å². The van der Waals surface area contributed by atoms with E-state index in [1.807, 2.05) is 78.9 Å². The van der Waals surface area contributed by atoms with Crippen LogP contribution >= 0.6 is 0 Å². The second kappa shape index (κ2) is 12.5. The maximum atomic E-state index is 12.4. The highest BCUT2D eigenvalue weighted by molar-refractivity contribution is 6.10. The summed E-state index contributed by atoms with van der Waals surface area (Å²) in [5, 5.41) is 7.93. The number of nitrogens with one attached hydrogen (secondary N) is 4. The number of carbonyl (C=O) groups excluding carboxylic acids is 3. The first-order valence-electron chi connectivity index (χ1n) is 11.6. The van der Waals surface area contributed by atoms with Crippen LogP contribution in [0.25, 0.3) is 11.0 Å². The molecule has 0 unspecified atom stereocenters. The Morgan fingerprint density at radius 3 is 1.79 bits per heavy atom. The Morgan fingerprint density at radius 2 is 1.24 bits per heavy atom. The minimum absolute atomic E-state index is 0.0698. The van der Waals surface area contributed by atoms with E-state index in [1.54, 1.807) is 30.3 Å². The monoisotopic (exact) mass is 507 g/mol. The van der Waals surface area contributed by atoms with Gasteiger partial charge in [-0.25, -0.2) is 14.6 Å². The first-order chi connectivity index (χ1) is 18.5. The number of anilines is 3. The number of benzene rings is 4. The van der Waals surface area contributed by atoms with Gasteiger partial charge in [0.1, 0.15) is 0 Å². The summed E-state index contributed by atoms with van der Waals surface area (Å²) in [5.41, 5.74) is 4.03. The number of aromatic amines is 1. The number of ketones is 1. The van der Waals surface area contributed by atoms with Crippen molar-refractivity contribution in [3.63, 3.8) is 0 Å². The van der Waals surface area contributed by atoms with Crippen molar-refractivity contribution in [3.05, 3.63) is 120 Å². The van der Waals surface area contributed by atoms with Crippen molar-refractivity contribution in [1.29, 1.82) is 0 Å². The van der Waals surface area contributed by atoms with E-state index < -0.39 is 6.09 Å². The molecular weight excluding hydrogens is 482 g/mol. The van der Waals surface area contributed by atoms with Gasteiger partial charge in [0.15, 0.2) is 5.78 Å². The second-order valence-corrected chi connectivity index (χ2v) is 7.94. The number of aromatic nitrogens is 2. The third-order valence-corrected chi connectivity index (χ3v) is 5.25. The number of fused-ring (bicyclic) bond motifs is 1. The smallest absolute Gasteiger partial charge is 0.413 e. The number of amides is 3. The molecule has 5 rings (SSSR count). The molecule has 0 fully saturated rings. The fourth-order valence-electron chi connectivity index (χ4n) is 3.45. The number of H-pyrrole nitrogens is 1. The van der Waals surface area contributed by atoms with Gasteiger partial charge in [0.25, 0.3) is 0 Å².